The molecule has 1 aliphatic carbocycles. The summed E-state index contributed by atoms with van der Waals surface area (Å²) in [5.74, 6) is 3.22. The zero-order chi connectivity index (χ0) is 17.5. The van der Waals surface area contributed by atoms with Gasteiger partial charge in [0.05, 0.1) is 5.39 Å². The molecule has 3 aromatic heterocycles. The van der Waals surface area contributed by atoms with Gasteiger partial charge in [-0.15, -0.1) is 11.3 Å². The summed E-state index contributed by atoms with van der Waals surface area (Å²) in [4.78, 5) is 21.9. The third-order valence-electron chi connectivity index (χ3n) is 5.46. The van der Waals surface area contributed by atoms with Crippen molar-refractivity contribution in [3.63, 3.8) is 0 Å². The van der Waals surface area contributed by atoms with Crippen LogP contribution in [0, 0.1) is 0 Å². The minimum absolute atomic E-state index is 0.888. The number of aryl methyl sites for hydroxylation is 3. The Kier molecular flexibility index (Phi) is 4.00. The summed E-state index contributed by atoms with van der Waals surface area (Å²) >= 11 is 1.89. The lowest BCUT2D eigenvalue weighted by atomic mass is 10.1. The largest absolute Gasteiger partial charge is 0.353 e. The van der Waals surface area contributed by atoms with Gasteiger partial charge >= 0.3 is 0 Å². The molecular weight excluding hydrogens is 342 g/mol. The molecule has 0 amide bonds. The highest BCUT2D eigenvalue weighted by Crippen LogP contribution is 2.40. The van der Waals surface area contributed by atoms with Crippen LogP contribution in [0.2, 0.25) is 0 Å². The molecule has 1 saturated heterocycles. The first-order valence-electron chi connectivity index (χ1n) is 9.55. The van der Waals surface area contributed by atoms with Gasteiger partial charge < -0.3 is 9.80 Å². The van der Waals surface area contributed by atoms with Crippen molar-refractivity contribution in [2.75, 3.05) is 36.0 Å². The van der Waals surface area contributed by atoms with Crippen molar-refractivity contribution in [2.45, 2.75) is 32.6 Å². The summed E-state index contributed by atoms with van der Waals surface area (Å²) in [5.41, 5.74) is 1.52. The van der Waals surface area contributed by atoms with Crippen LogP contribution < -0.4 is 9.80 Å². The topological polar surface area (TPSA) is 45.2 Å². The number of fused-ring (bicyclic) bond motifs is 3. The SMILES string of the molecule is CCc1nc(N2CCN(c3ccccn3)CC2)c2c3c(sc2n1)CCC3. The molecule has 26 heavy (non-hydrogen) atoms. The lowest BCUT2D eigenvalue weighted by molar-refractivity contribution is 0.641. The summed E-state index contributed by atoms with van der Waals surface area (Å²) in [5, 5.41) is 1.34. The van der Waals surface area contributed by atoms with Gasteiger partial charge in [-0.25, -0.2) is 15.0 Å². The maximum absolute atomic E-state index is 4.98. The van der Waals surface area contributed by atoms with Crippen molar-refractivity contribution in [3.05, 3.63) is 40.7 Å². The second kappa shape index (κ2) is 6.50. The highest BCUT2D eigenvalue weighted by atomic mass is 32.1. The molecule has 2 aliphatic rings. The molecule has 0 unspecified atom stereocenters. The average molecular weight is 366 g/mol. The van der Waals surface area contributed by atoms with Crippen LogP contribution >= 0.6 is 11.3 Å². The normalized spacial score (nSPS) is 17.1. The monoisotopic (exact) mass is 365 g/mol. The van der Waals surface area contributed by atoms with E-state index in [4.69, 9.17) is 9.97 Å². The second-order valence-corrected chi connectivity index (χ2v) is 8.10. The van der Waals surface area contributed by atoms with Crippen LogP contribution in [0.4, 0.5) is 11.6 Å². The van der Waals surface area contributed by atoms with E-state index in [1.54, 1.807) is 0 Å². The van der Waals surface area contributed by atoms with Crippen molar-refractivity contribution in [1.29, 1.82) is 0 Å². The van der Waals surface area contributed by atoms with Crippen molar-refractivity contribution < 1.29 is 0 Å². The maximum atomic E-state index is 4.98. The first kappa shape index (κ1) is 16.0. The molecule has 4 heterocycles. The van der Waals surface area contributed by atoms with Gasteiger partial charge in [0.1, 0.15) is 22.3 Å². The third-order valence-corrected chi connectivity index (χ3v) is 6.65. The fourth-order valence-electron chi connectivity index (χ4n) is 4.09. The van der Waals surface area contributed by atoms with Crippen molar-refractivity contribution in [3.8, 4) is 0 Å². The summed E-state index contributed by atoms with van der Waals surface area (Å²) < 4.78 is 0. The minimum Gasteiger partial charge on any atom is -0.353 e. The molecule has 5 nitrogen and oxygen atoms in total. The fraction of sp³-hybridized carbons (Fsp3) is 0.450. The zero-order valence-corrected chi connectivity index (χ0v) is 15.9. The average Bonchev–Trinajstić information content (AvgIpc) is 3.29. The first-order valence-corrected chi connectivity index (χ1v) is 10.4. The van der Waals surface area contributed by atoms with Gasteiger partial charge in [-0.1, -0.05) is 13.0 Å². The van der Waals surface area contributed by atoms with Crippen molar-refractivity contribution in [2.24, 2.45) is 0 Å². The number of thiophene rings is 1. The zero-order valence-electron chi connectivity index (χ0n) is 15.1. The van der Waals surface area contributed by atoms with E-state index in [2.05, 4.69) is 33.8 Å². The molecule has 0 radical (unpaired) electrons. The molecule has 0 saturated carbocycles. The Hall–Kier alpha value is -2.21. The van der Waals surface area contributed by atoms with Crippen LogP contribution in [-0.2, 0) is 19.3 Å². The molecular formula is C20H23N5S. The molecule has 0 aromatic carbocycles. The molecule has 1 fully saturated rings. The number of nitrogens with zero attached hydrogens (tertiary/aromatic N) is 5. The van der Waals surface area contributed by atoms with E-state index < -0.39 is 0 Å². The molecule has 0 N–H and O–H groups in total. The molecule has 0 atom stereocenters. The highest BCUT2D eigenvalue weighted by Gasteiger charge is 2.26. The molecule has 0 spiro atoms. The third kappa shape index (κ3) is 2.63. The number of anilines is 2. The van der Waals surface area contributed by atoms with Gasteiger partial charge in [0, 0.05) is 43.7 Å². The second-order valence-electron chi connectivity index (χ2n) is 7.02. The Bertz CT molecular complexity index is 928. The fourth-order valence-corrected chi connectivity index (χ4v) is 5.37. The molecule has 6 heteroatoms. The first-order chi connectivity index (χ1) is 12.8. The van der Waals surface area contributed by atoms with E-state index in [1.807, 2.05) is 23.6 Å². The van der Waals surface area contributed by atoms with E-state index in [-0.39, 0.29) is 0 Å². The van der Waals surface area contributed by atoms with Crippen LogP contribution in [0.15, 0.2) is 24.4 Å². The predicted molar refractivity (Wildman–Crippen MR) is 107 cm³/mol. The number of piperazine rings is 1. The van der Waals surface area contributed by atoms with Crippen LogP contribution in [0.3, 0.4) is 0 Å². The summed E-state index contributed by atoms with van der Waals surface area (Å²) in [6.45, 7) is 6.07. The van der Waals surface area contributed by atoms with Crippen LogP contribution in [-0.4, -0.2) is 41.1 Å². The molecule has 134 valence electrons. The van der Waals surface area contributed by atoms with Gasteiger partial charge in [-0.3, -0.25) is 0 Å². The summed E-state index contributed by atoms with van der Waals surface area (Å²) in [6, 6.07) is 6.13. The minimum atomic E-state index is 0.888. The maximum Gasteiger partial charge on any atom is 0.141 e. The lowest BCUT2D eigenvalue weighted by Crippen LogP contribution is -2.47. The predicted octanol–water partition coefficient (Wildman–Crippen LogP) is 3.46. The van der Waals surface area contributed by atoms with E-state index in [0.29, 0.717) is 0 Å². The highest BCUT2D eigenvalue weighted by molar-refractivity contribution is 7.19. The van der Waals surface area contributed by atoms with Gasteiger partial charge in [0.2, 0.25) is 0 Å². The van der Waals surface area contributed by atoms with Gasteiger partial charge in [0.25, 0.3) is 0 Å². The molecule has 5 rings (SSSR count). The Morgan fingerprint density at radius 1 is 1.04 bits per heavy atom. The number of aromatic nitrogens is 3. The van der Waals surface area contributed by atoms with E-state index in [9.17, 15) is 0 Å². The Balaban J connectivity index is 1.48. The smallest absolute Gasteiger partial charge is 0.141 e. The summed E-state index contributed by atoms with van der Waals surface area (Å²) in [7, 11) is 0. The summed E-state index contributed by atoms with van der Waals surface area (Å²) in [6.07, 6.45) is 6.44. The Labute approximate surface area is 157 Å². The van der Waals surface area contributed by atoms with Crippen molar-refractivity contribution >= 4 is 33.2 Å². The molecule has 1 aliphatic heterocycles. The van der Waals surface area contributed by atoms with E-state index in [0.717, 1.165) is 44.2 Å². The Morgan fingerprint density at radius 2 is 1.88 bits per heavy atom. The van der Waals surface area contributed by atoms with Gasteiger partial charge in [-0.2, -0.15) is 0 Å². The number of hydrogen-bond donors (Lipinski definition) is 0. The van der Waals surface area contributed by atoms with Crippen LogP contribution in [0.25, 0.3) is 10.2 Å². The van der Waals surface area contributed by atoms with Gasteiger partial charge in [0.15, 0.2) is 0 Å². The molecule has 0 bridgehead atoms. The quantitative estimate of drug-likeness (QED) is 0.711. The molecule has 3 aromatic rings. The lowest BCUT2D eigenvalue weighted by Gasteiger charge is -2.36. The Morgan fingerprint density at radius 3 is 2.65 bits per heavy atom. The van der Waals surface area contributed by atoms with Crippen molar-refractivity contribution in [1.82, 2.24) is 15.0 Å². The number of pyridine rings is 1. The van der Waals surface area contributed by atoms with E-state index >= 15 is 0 Å². The van der Waals surface area contributed by atoms with Crippen LogP contribution in [0.5, 0.6) is 0 Å². The standard InChI is InChI=1S/C20H23N5S/c1-2-16-22-19(18-14-6-5-7-15(14)26-20(18)23-16)25-12-10-24(11-13-25)17-8-3-4-9-21-17/h3-4,8-9H,2,5-7,10-13H2,1H3. The van der Waals surface area contributed by atoms with Crippen LogP contribution in [0.1, 0.15) is 29.6 Å². The van der Waals surface area contributed by atoms with E-state index in [1.165, 1.54) is 45.7 Å². The number of rotatable bonds is 3. The number of hydrogen-bond acceptors (Lipinski definition) is 6. The van der Waals surface area contributed by atoms with Gasteiger partial charge in [-0.05, 0) is 37.0 Å².